The summed E-state index contributed by atoms with van der Waals surface area (Å²) in [5.41, 5.74) is 1.59. The van der Waals surface area contributed by atoms with E-state index in [1.54, 1.807) is 0 Å². The van der Waals surface area contributed by atoms with E-state index in [1.807, 2.05) is 24.3 Å². The van der Waals surface area contributed by atoms with Crippen LogP contribution in [0.5, 0.6) is 0 Å². The number of hydrogen-bond acceptors (Lipinski definition) is 2. The Morgan fingerprint density at radius 3 is 2.75 bits per heavy atom. The van der Waals surface area contributed by atoms with Crippen molar-refractivity contribution in [2.45, 2.75) is 31.8 Å². The molecule has 2 aliphatic carbocycles. The molecule has 3 rings (SSSR count). The Kier molecular flexibility index (Phi) is 2.32. The van der Waals surface area contributed by atoms with Crippen LogP contribution < -0.4 is 0 Å². The minimum Gasteiger partial charge on any atom is -0.388 e. The zero-order valence-corrected chi connectivity index (χ0v) is 9.23. The van der Waals surface area contributed by atoms with Crippen molar-refractivity contribution in [3.05, 3.63) is 35.4 Å². The second-order valence-corrected chi connectivity index (χ2v) is 4.95. The Morgan fingerprint density at radius 2 is 1.88 bits per heavy atom. The molecule has 1 aromatic rings. The molecule has 2 nitrogen and oxygen atoms in total. The topological polar surface area (TPSA) is 37.3 Å². The van der Waals surface area contributed by atoms with Crippen LogP contribution >= 0.6 is 0 Å². The minimum absolute atomic E-state index is 0.0682. The van der Waals surface area contributed by atoms with Crippen LogP contribution in [0.3, 0.4) is 0 Å². The number of fused-ring (bicyclic) bond motifs is 2. The third-order valence-corrected chi connectivity index (χ3v) is 4.11. The summed E-state index contributed by atoms with van der Waals surface area (Å²) in [6, 6.07) is 7.53. The number of aliphatic hydroxyl groups excluding tert-OH is 1. The van der Waals surface area contributed by atoms with E-state index in [4.69, 9.17) is 0 Å². The molecular formula is C14H16O2. The van der Waals surface area contributed by atoms with Gasteiger partial charge in [0, 0.05) is 11.5 Å². The molecule has 16 heavy (non-hydrogen) atoms. The first-order valence-electron chi connectivity index (χ1n) is 6.10. The highest BCUT2D eigenvalue weighted by molar-refractivity contribution is 6.00. The van der Waals surface area contributed by atoms with E-state index < -0.39 is 6.10 Å². The van der Waals surface area contributed by atoms with Crippen molar-refractivity contribution in [3.63, 3.8) is 0 Å². The fraction of sp³-hybridized carbons (Fsp3) is 0.500. The standard InChI is InChI=1S/C14H16O2/c15-13-9-5-1-2-6-10(9)14(16)12-8-4-3-7-11(12)13/h1-2,5-6,11-13,15H,3-4,7-8H2. The Morgan fingerprint density at radius 1 is 1.12 bits per heavy atom. The second-order valence-electron chi connectivity index (χ2n) is 4.95. The van der Waals surface area contributed by atoms with Gasteiger partial charge in [-0.2, -0.15) is 0 Å². The molecule has 1 aromatic carbocycles. The lowest BCUT2D eigenvalue weighted by atomic mass is 9.67. The Labute approximate surface area is 95.3 Å². The molecule has 1 fully saturated rings. The molecule has 1 saturated carbocycles. The molecule has 3 unspecified atom stereocenters. The first-order chi connectivity index (χ1) is 7.79. The number of hydrogen-bond donors (Lipinski definition) is 1. The molecule has 0 radical (unpaired) electrons. The predicted molar refractivity (Wildman–Crippen MR) is 61.2 cm³/mol. The summed E-state index contributed by atoms with van der Waals surface area (Å²) in [5, 5.41) is 10.3. The van der Waals surface area contributed by atoms with Crippen LogP contribution in [-0.2, 0) is 0 Å². The summed E-state index contributed by atoms with van der Waals surface area (Å²) >= 11 is 0. The van der Waals surface area contributed by atoms with Crippen LogP contribution in [0.25, 0.3) is 0 Å². The van der Waals surface area contributed by atoms with Crippen LogP contribution in [0.4, 0.5) is 0 Å². The second kappa shape index (κ2) is 3.70. The molecule has 0 spiro atoms. The summed E-state index contributed by atoms with van der Waals surface area (Å²) in [6.07, 6.45) is 3.79. The molecule has 0 saturated heterocycles. The van der Waals surface area contributed by atoms with Gasteiger partial charge in [-0.15, -0.1) is 0 Å². The van der Waals surface area contributed by atoms with Gasteiger partial charge in [-0.1, -0.05) is 37.1 Å². The van der Waals surface area contributed by atoms with E-state index in [0.29, 0.717) is 0 Å². The van der Waals surface area contributed by atoms with Crippen molar-refractivity contribution in [1.82, 2.24) is 0 Å². The molecule has 0 amide bonds. The van der Waals surface area contributed by atoms with Crippen LogP contribution in [-0.4, -0.2) is 10.9 Å². The van der Waals surface area contributed by atoms with E-state index in [-0.39, 0.29) is 17.6 Å². The van der Waals surface area contributed by atoms with Gasteiger partial charge in [0.1, 0.15) is 0 Å². The summed E-state index contributed by atoms with van der Waals surface area (Å²) in [7, 11) is 0. The molecule has 2 aliphatic rings. The highest BCUT2D eigenvalue weighted by Crippen LogP contribution is 2.45. The average Bonchev–Trinajstić information content (AvgIpc) is 2.36. The van der Waals surface area contributed by atoms with Crippen LogP contribution in [0.15, 0.2) is 24.3 Å². The van der Waals surface area contributed by atoms with Gasteiger partial charge < -0.3 is 5.11 Å². The van der Waals surface area contributed by atoms with Crippen LogP contribution in [0, 0.1) is 11.8 Å². The SMILES string of the molecule is O=C1c2ccccc2C(O)C2CCCCC12. The fourth-order valence-corrected chi connectivity index (χ4v) is 3.27. The number of ketones is 1. The maximum atomic E-state index is 12.3. The Balaban J connectivity index is 2.09. The number of carbonyl (C=O) groups excluding carboxylic acids is 1. The van der Waals surface area contributed by atoms with Crippen molar-refractivity contribution >= 4 is 5.78 Å². The molecule has 84 valence electrons. The van der Waals surface area contributed by atoms with Gasteiger partial charge in [0.05, 0.1) is 6.10 Å². The van der Waals surface area contributed by atoms with Gasteiger partial charge in [0.25, 0.3) is 0 Å². The summed E-state index contributed by atoms with van der Waals surface area (Å²) in [6.45, 7) is 0. The maximum Gasteiger partial charge on any atom is 0.166 e. The van der Waals surface area contributed by atoms with Crippen molar-refractivity contribution in [1.29, 1.82) is 0 Å². The largest absolute Gasteiger partial charge is 0.388 e. The molecule has 0 aliphatic heterocycles. The van der Waals surface area contributed by atoms with Gasteiger partial charge in [-0.3, -0.25) is 4.79 Å². The molecule has 0 bridgehead atoms. The van der Waals surface area contributed by atoms with Gasteiger partial charge in [-0.05, 0) is 24.3 Å². The minimum atomic E-state index is -0.431. The van der Waals surface area contributed by atoms with Gasteiger partial charge in [0.15, 0.2) is 5.78 Å². The number of Topliss-reactive ketones (excluding diaryl/α,β-unsaturated/α-hetero) is 1. The first kappa shape index (κ1) is 10.0. The molecule has 0 aromatic heterocycles. The maximum absolute atomic E-state index is 12.3. The van der Waals surface area contributed by atoms with E-state index in [2.05, 4.69) is 0 Å². The smallest absolute Gasteiger partial charge is 0.166 e. The number of aliphatic hydroxyl groups is 1. The van der Waals surface area contributed by atoms with E-state index in [9.17, 15) is 9.90 Å². The molecule has 1 N–H and O–H groups in total. The first-order valence-corrected chi connectivity index (χ1v) is 6.10. The quantitative estimate of drug-likeness (QED) is 0.724. The van der Waals surface area contributed by atoms with Gasteiger partial charge in [-0.25, -0.2) is 0 Å². The third kappa shape index (κ3) is 1.33. The van der Waals surface area contributed by atoms with E-state index in [0.717, 1.165) is 36.8 Å². The lowest BCUT2D eigenvalue weighted by molar-refractivity contribution is 0.0314. The zero-order chi connectivity index (χ0) is 11.1. The van der Waals surface area contributed by atoms with Gasteiger partial charge in [0.2, 0.25) is 0 Å². The van der Waals surface area contributed by atoms with Crippen LogP contribution in [0.2, 0.25) is 0 Å². The molecular weight excluding hydrogens is 200 g/mol. The van der Waals surface area contributed by atoms with Crippen molar-refractivity contribution in [2.75, 3.05) is 0 Å². The van der Waals surface area contributed by atoms with Crippen LogP contribution in [0.1, 0.15) is 47.7 Å². The summed E-state index contributed by atoms with van der Waals surface area (Å²) in [5.74, 6) is 0.486. The Hall–Kier alpha value is -1.15. The molecule has 3 atom stereocenters. The average molecular weight is 216 g/mol. The lowest BCUT2D eigenvalue weighted by Crippen LogP contribution is -2.36. The van der Waals surface area contributed by atoms with E-state index >= 15 is 0 Å². The molecule has 2 heteroatoms. The number of rotatable bonds is 0. The monoisotopic (exact) mass is 216 g/mol. The zero-order valence-electron chi connectivity index (χ0n) is 9.23. The molecule has 0 heterocycles. The van der Waals surface area contributed by atoms with Crippen molar-refractivity contribution < 1.29 is 9.90 Å². The lowest BCUT2D eigenvalue weighted by Gasteiger charge is -2.38. The highest BCUT2D eigenvalue weighted by Gasteiger charge is 2.41. The highest BCUT2D eigenvalue weighted by atomic mass is 16.3. The van der Waals surface area contributed by atoms with E-state index in [1.165, 1.54) is 0 Å². The Bertz CT molecular complexity index is 424. The normalized spacial score (nSPS) is 33.1. The van der Waals surface area contributed by atoms with Crippen molar-refractivity contribution in [3.8, 4) is 0 Å². The third-order valence-electron chi connectivity index (χ3n) is 4.11. The summed E-state index contributed by atoms with van der Waals surface area (Å²) < 4.78 is 0. The van der Waals surface area contributed by atoms with Gasteiger partial charge >= 0.3 is 0 Å². The van der Waals surface area contributed by atoms with Crippen molar-refractivity contribution in [2.24, 2.45) is 11.8 Å². The summed E-state index contributed by atoms with van der Waals surface area (Å²) in [4.78, 5) is 12.3. The number of carbonyl (C=O) groups is 1. The predicted octanol–water partition coefficient (Wildman–Crippen LogP) is 2.72. The fourth-order valence-electron chi connectivity index (χ4n) is 3.27. The number of benzene rings is 1.